The topological polar surface area (TPSA) is 66.5 Å². The molecule has 0 aliphatic carbocycles. The van der Waals surface area contributed by atoms with Crippen LogP contribution in [0.25, 0.3) is 0 Å². The zero-order valence-electron chi connectivity index (χ0n) is 5.96. The first-order chi connectivity index (χ1) is 4.00. The van der Waals surface area contributed by atoms with Gasteiger partial charge in [-0.15, -0.1) is 0 Å². The van der Waals surface area contributed by atoms with E-state index in [1.165, 1.54) is 0 Å². The van der Waals surface area contributed by atoms with Crippen molar-refractivity contribution >= 4 is 7.12 Å². The van der Waals surface area contributed by atoms with Gasteiger partial charge in [-0.3, -0.25) is 0 Å². The molecule has 3 nitrogen and oxygen atoms in total. The van der Waals surface area contributed by atoms with Crippen LogP contribution in [0.3, 0.4) is 0 Å². The second kappa shape index (κ2) is 3.20. The molecule has 54 valence electrons. The molecule has 0 aromatic rings. The molecule has 4 N–H and O–H groups in total. The maximum absolute atomic E-state index is 8.71. The van der Waals surface area contributed by atoms with E-state index >= 15 is 0 Å². The third kappa shape index (κ3) is 2.84. The highest BCUT2D eigenvalue weighted by Crippen LogP contribution is 2.28. The van der Waals surface area contributed by atoms with Crippen LogP contribution in [0.1, 0.15) is 20.3 Å². The van der Waals surface area contributed by atoms with Crippen molar-refractivity contribution in [3.05, 3.63) is 0 Å². The van der Waals surface area contributed by atoms with Crippen LogP contribution in [-0.2, 0) is 0 Å². The van der Waals surface area contributed by atoms with Crippen LogP contribution in [0.5, 0.6) is 0 Å². The molecule has 9 heavy (non-hydrogen) atoms. The van der Waals surface area contributed by atoms with Crippen LogP contribution in [-0.4, -0.2) is 23.7 Å². The van der Waals surface area contributed by atoms with Crippen LogP contribution in [0, 0.1) is 0 Å². The third-order valence-corrected chi connectivity index (χ3v) is 1.49. The summed E-state index contributed by atoms with van der Waals surface area (Å²) in [5.74, 6) is 0. The van der Waals surface area contributed by atoms with E-state index in [1.807, 2.05) is 0 Å². The molecule has 0 saturated carbocycles. The van der Waals surface area contributed by atoms with Crippen molar-refractivity contribution in [2.45, 2.75) is 25.6 Å². The zero-order chi connectivity index (χ0) is 7.49. The van der Waals surface area contributed by atoms with Gasteiger partial charge in [0.2, 0.25) is 0 Å². The van der Waals surface area contributed by atoms with E-state index in [4.69, 9.17) is 15.8 Å². The minimum absolute atomic E-state index is 0.464. The van der Waals surface area contributed by atoms with Gasteiger partial charge in [-0.2, -0.15) is 0 Å². The van der Waals surface area contributed by atoms with E-state index in [2.05, 4.69) is 0 Å². The molecule has 0 atom stereocenters. The van der Waals surface area contributed by atoms with Gasteiger partial charge >= 0.3 is 7.12 Å². The zero-order valence-corrected chi connectivity index (χ0v) is 5.96. The molecule has 0 aromatic carbocycles. The maximum Gasteiger partial charge on any atom is 0.457 e. The minimum atomic E-state index is -1.26. The van der Waals surface area contributed by atoms with Gasteiger partial charge in [-0.1, -0.05) is 13.8 Å². The van der Waals surface area contributed by atoms with Gasteiger partial charge in [0.15, 0.2) is 0 Å². The van der Waals surface area contributed by atoms with Crippen molar-refractivity contribution in [3.63, 3.8) is 0 Å². The van der Waals surface area contributed by atoms with Gasteiger partial charge in [-0.25, -0.2) is 0 Å². The average molecular weight is 131 g/mol. The van der Waals surface area contributed by atoms with E-state index in [0.29, 0.717) is 13.0 Å². The van der Waals surface area contributed by atoms with Gasteiger partial charge in [0.25, 0.3) is 0 Å². The lowest BCUT2D eigenvalue weighted by Crippen LogP contribution is -2.29. The number of hydrogen-bond acceptors (Lipinski definition) is 3. The van der Waals surface area contributed by atoms with E-state index in [1.54, 1.807) is 13.8 Å². The summed E-state index contributed by atoms with van der Waals surface area (Å²) in [5.41, 5.74) is 5.23. The lowest BCUT2D eigenvalue weighted by Gasteiger charge is -2.21. The Balaban J connectivity index is 3.70. The molecule has 0 aromatic heterocycles. The van der Waals surface area contributed by atoms with E-state index in [-0.39, 0.29) is 0 Å². The van der Waals surface area contributed by atoms with Crippen molar-refractivity contribution in [2.24, 2.45) is 5.73 Å². The first-order valence-electron chi connectivity index (χ1n) is 3.07. The molecule has 0 fully saturated rings. The molecule has 0 bridgehead atoms. The third-order valence-electron chi connectivity index (χ3n) is 1.49. The summed E-state index contributed by atoms with van der Waals surface area (Å²) in [6.45, 7) is 4.03. The summed E-state index contributed by atoms with van der Waals surface area (Å²) in [6.07, 6.45) is 0.630. The van der Waals surface area contributed by atoms with Crippen LogP contribution in [0.4, 0.5) is 0 Å². The van der Waals surface area contributed by atoms with Crippen molar-refractivity contribution in [3.8, 4) is 0 Å². The largest absolute Gasteiger partial charge is 0.457 e. The monoisotopic (exact) mass is 131 g/mol. The Morgan fingerprint density at radius 1 is 1.44 bits per heavy atom. The van der Waals surface area contributed by atoms with Gasteiger partial charge in [-0.05, 0) is 13.0 Å². The minimum Gasteiger partial charge on any atom is -0.427 e. The van der Waals surface area contributed by atoms with Crippen LogP contribution >= 0.6 is 0 Å². The normalized spacial score (nSPS) is 11.7. The fourth-order valence-electron chi connectivity index (χ4n) is 0.501. The molecule has 0 heterocycles. The van der Waals surface area contributed by atoms with Crippen LogP contribution in [0.2, 0.25) is 5.31 Å². The Bertz CT molecular complexity index is 85.0. The van der Waals surface area contributed by atoms with E-state index in [9.17, 15) is 0 Å². The van der Waals surface area contributed by atoms with Gasteiger partial charge in [0.1, 0.15) is 0 Å². The van der Waals surface area contributed by atoms with Gasteiger partial charge in [0.05, 0.1) is 0 Å². The summed E-state index contributed by atoms with van der Waals surface area (Å²) in [5, 5.41) is 17.0. The number of rotatable bonds is 3. The molecule has 0 radical (unpaired) electrons. The molecule has 0 rings (SSSR count). The molecular formula is C5H14BNO2. The van der Waals surface area contributed by atoms with Crippen LogP contribution < -0.4 is 5.73 Å². The summed E-state index contributed by atoms with van der Waals surface area (Å²) in [4.78, 5) is 0. The van der Waals surface area contributed by atoms with Crippen molar-refractivity contribution in [1.82, 2.24) is 0 Å². The Labute approximate surface area is 56.0 Å². The predicted molar refractivity (Wildman–Crippen MR) is 37.9 cm³/mol. The molecule has 0 saturated heterocycles. The first-order valence-corrected chi connectivity index (χ1v) is 3.07. The number of nitrogens with two attached hydrogens (primary N) is 1. The first kappa shape index (κ1) is 8.94. The predicted octanol–water partition coefficient (Wildman–Crippen LogP) is -0.412. The molecular weight excluding hydrogens is 117 g/mol. The summed E-state index contributed by atoms with van der Waals surface area (Å²) < 4.78 is 0. The SMILES string of the molecule is CC(C)(CCN)B(O)O. The average Bonchev–Trinajstić information content (AvgIpc) is 1.65. The quantitative estimate of drug-likeness (QED) is 0.456. The molecule has 0 aliphatic rings. The Morgan fingerprint density at radius 2 is 1.89 bits per heavy atom. The second-order valence-electron chi connectivity index (χ2n) is 2.90. The second-order valence-corrected chi connectivity index (χ2v) is 2.90. The Hall–Kier alpha value is -0.0551. The fourth-order valence-corrected chi connectivity index (χ4v) is 0.501. The highest BCUT2D eigenvalue weighted by Gasteiger charge is 2.30. The van der Waals surface area contributed by atoms with Crippen molar-refractivity contribution in [2.75, 3.05) is 6.54 Å². The molecule has 4 heteroatoms. The smallest absolute Gasteiger partial charge is 0.427 e. The van der Waals surface area contributed by atoms with Gasteiger partial charge < -0.3 is 15.8 Å². The summed E-state index contributed by atoms with van der Waals surface area (Å²) in [7, 11) is -1.26. The standard InChI is InChI=1S/C5H14BNO2/c1-5(2,3-4-7)6(8)9/h8-9H,3-4,7H2,1-2H3. The molecule has 0 amide bonds. The van der Waals surface area contributed by atoms with Gasteiger partial charge in [0, 0.05) is 5.31 Å². The fraction of sp³-hybridized carbons (Fsp3) is 1.00. The summed E-state index contributed by atoms with van der Waals surface area (Å²) >= 11 is 0. The van der Waals surface area contributed by atoms with Crippen molar-refractivity contribution in [1.29, 1.82) is 0 Å². The molecule has 0 aliphatic heterocycles. The molecule has 0 spiro atoms. The lowest BCUT2D eigenvalue weighted by atomic mass is 9.59. The van der Waals surface area contributed by atoms with E-state index < -0.39 is 12.4 Å². The summed E-state index contributed by atoms with van der Waals surface area (Å²) in [6, 6.07) is 0. The lowest BCUT2D eigenvalue weighted by molar-refractivity contribution is 0.345. The maximum atomic E-state index is 8.71. The van der Waals surface area contributed by atoms with Crippen LogP contribution in [0.15, 0.2) is 0 Å². The Kier molecular flexibility index (Phi) is 3.18. The van der Waals surface area contributed by atoms with E-state index in [0.717, 1.165) is 0 Å². The molecule has 0 unspecified atom stereocenters. The number of hydrogen-bond donors (Lipinski definition) is 3. The Morgan fingerprint density at radius 3 is 2.00 bits per heavy atom. The highest BCUT2D eigenvalue weighted by atomic mass is 16.4. The van der Waals surface area contributed by atoms with Crippen molar-refractivity contribution < 1.29 is 10.0 Å². The highest BCUT2D eigenvalue weighted by molar-refractivity contribution is 6.45.